The van der Waals surface area contributed by atoms with Gasteiger partial charge in [-0.05, 0) is 63.5 Å². The number of furan rings is 1. The highest BCUT2D eigenvalue weighted by atomic mass is 79.9. The number of hydrogen-bond donors (Lipinski definition) is 1. The number of nitrogens with zero attached hydrogens (tertiary/aromatic N) is 2. The Morgan fingerprint density at radius 1 is 1.17 bits per heavy atom. The van der Waals surface area contributed by atoms with E-state index in [2.05, 4.69) is 42.4 Å². The maximum absolute atomic E-state index is 12.4. The molecule has 0 spiro atoms. The third-order valence-electron chi connectivity index (χ3n) is 4.84. The fourth-order valence-electron chi connectivity index (χ4n) is 3.22. The molecule has 1 aromatic heterocycles. The van der Waals surface area contributed by atoms with Crippen LogP contribution >= 0.6 is 31.9 Å². The maximum atomic E-state index is 12.4. The van der Waals surface area contributed by atoms with Crippen LogP contribution in [0.1, 0.15) is 21.7 Å². The monoisotopic (exact) mass is 601 g/mol. The topological polar surface area (TPSA) is 116 Å². The lowest BCUT2D eigenvalue weighted by Crippen LogP contribution is -2.16. The number of fused-ring (bicyclic) bond motifs is 1. The molecule has 0 unspecified atom stereocenters. The molecule has 35 heavy (non-hydrogen) atoms. The molecule has 4 aromatic rings. The first-order valence-corrected chi connectivity index (χ1v) is 11.7. The minimum Gasteiger partial charge on any atom is -0.493 e. The summed E-state index contributed by atoms with van der Waals surface area (Å²) in [5, 5.41) is 15.8. The Morgan fingerprint density at radius 2 is 2.00 bits per heavy atom. The number of halogens is 2. The van der Waals surface area contributed by atoms with Gasteiger partial charge in [-0.3, -0.25) is 14.9 Å². The van der Waals surface area contributed by atoms with E-state index in [4.69, 9.17) is 13.9 Å². The van der Waals surface area contributed by atoms with E-state index in [1.807, 2.05) is 12.1 Å². The molecule has 9 nitrogen and oxygen atoms in total. The normalized spacial score (nSPS) is 11.1. The van der Waals surface area contributed by atoms with Crippen LogP contribution in [0.2, 0.25) is 0 Å². The molecule has 3 aromatic carbocycles. The first kappa shape index (κ1) is 24.4. The number of amides is 1. The van der Waals surface area contributed by atoms with Gasteiger partial charge in [0.05, 0.1) is 22.7 Å². The van der Waals surface area contributed by atoms with E-state index in [9.17, 15) is 14.9 Å². The number of carbonyl (C=O) groups excluding carboxylic acids is 1. The molecule has 0 radical (unpaired) electrons. The molecule has 0 saturated heterocycles. The van der Waals surface area contributed by atoms with Crippen molar-refractivity contribution in [1.82, 2.24) is 5.43 Å². The Bertz CT molecular complexity index is 1450. The number of methoxy groups -OCH3 is 1. The van der Waals surface area contributed by atoms with Gasteiger partial charge >= 0.3 is 5.91 Å². The van der Waals surface area contributed by atoms with E-state index in [-0.39, 0.29) is 18.1 Å². The average molecular weight is 603 g/mol. The Balaban J connectivity index is 1.44. The summed E-state index contributed by atoms with van der Waals surface area (Å²) < 4.78 is 18.3. The van der Waals surface area contributed by atoms with Crippen LogP contribution in [0.4, 0.5) is 5.69 Å². The molecule has 0 aliphatic heterocycles. The molecule has 0 aliphatic carbocycles. The number of hydrazone groups is 1. The van der Waals surface area contributed by atoms with E-state index in [0.29, 0.717) is 32.7 Å². The van der Waals surface area contributed by atoms with E-state index < -0.39 is 10.8 Å². The van der Waals surface area contributed by atoms with Crippen LogP contribution in [0, 0.1) is 10.1 Å². The van der Waals surface area contributed by atoms with Crippen molar-refractivity contribution in [2.75, 3.05) is 7.11 Å². The molecule has 1 heterocycles. The van der Waals surface area contributed by atoms with Gasteiger partial charge in [-0.2, -0.15) is 5.10 Å². The van der Waals surface area contributed by atoms with E-state index in [1.54, 1.807) is 36.4 Å². The van der Waals surface area contributed by atoms with E-state index in [1.165, 1.54) is 25.5 Å². The van der Waals surface area contributed by atoms with Crippen LogP contribution in [-0.4, -0.2) is 24.2 Å². The lowest BCUT2D eigenvalue weighted by atomic mass is 10.2. The fraction of sp³-hybridized carbons (Fsp3) is 0.0833. The highest BCUT2D eigenvalue weighted by Crippen LogP contribution is 2.37. The fourth-order valence-corrected chi connectivity index (χ4v) is 4.17. The van der Waals surface area contributed by atoms with Crippen molar-refractivity contribution < 1.29 is 23.6 Å². The summed E-state index contributed by atoms with van der Waals surface area (Å²) >= 11 is 6.84. The van der Waals surface area contributed by atoms with Crippen LogP contribution in [-0.2, 0) is 6.61 Å². The number of non-ortho nitro benzene ring substituents is 1. The molecule has 0 bridgehead atoms. The first-order chi connectivity index (χ1) is 16.8. The molecular weight excluding hydrogens is 586 g/mol. The summed E-state index contributed by atoms with van der Waals surface area (Å²) in [5.74, 6) is 0.490. The highest BCUT2D eigenvalue weighted by Gasteiger charge is 2.14. The number of carbonyl (C=O) groups is 1. The number of ether oxygens (including phenoxy) is 2. The van der Waals surface area contributed by atoms with Crippen molar-refractivity contribution in [1.29, 1.82) is 0 Å². The van der Waals surface area contributed by atoms with E-state index in [0.717, 1.165) is 9.86 Å². The summed E-state index contributed by atoms with van der Waals surface area (Å²) in [6.45, 7) is 0.105. The van der Waals surface area contributed by atoms with Crippen molar-refractivity contribution in [3.63, 3.8) is 0 Å². The molecule has 0 aliphatic rings. The standard InChI is InChI=1S/C24H17Br2N3O6/c1-33-21-9-15(8-19(26)23(21)34-13-14-3-2-4-18(7-14)29(31)32)12-27-28-24(30)22-11-16-10-17(25)5-6-20(16)35-22/h2-12H,13H2,1H3,(H,28,30)/b27-12+. The average Bonchev–Trinajstić information content (AvgIpc) is 3.26. The minimum absolute atomic E-state index is 0.0127. The molecule has 4 rings (SSSR count). The molecule has 0 saturated carbocycles. The number of nitro groups is 1. The Kier molecular flexibility index (Phi) is 7.47. The second-order valence-corrected chi connectivity index (χ2v) is 9.01. The zero-order chi connectivity index (χ0) is 24.9. The third-order valence-corrected chi connectivity index (χ3v) is 5.92. The van der Waals surface area contributed by atoms with Gasteiger partial charge in [-0.15, -0.1) is 0 Å². The highest BCUT2D eigenvalue weighted by molar-refractivity contribution is 9.10. The van der Waals surface area contributed by atoms with Crippen molar-refractivity contribution in [3.05, 3.63) is 96.6 Å². The van der Waals surface area contributed by atoms with Crippen LogP contribution in [0.25, 0.3) is 11.0 Å². The SMILES string of the molecule is COc1cc(/C=N/NC(=O)c2cc3cc(Br)ccc3o2)cc(Br)c1OCc1cccc([N+](=O)[O-])c1. The molecular formula is C24H17Br2N3O6. The quantitative estimate of drug-likeness (QED) is 0.145. The van der Waals surface area contributed by atoms with Crippen LogP contribution < -0.4 is 14.9 Å². The number of hydrogen-bond acceptors (Lipinski definition) is 7. The van der Waals surface area contributed by atoms with Gasteiger partial charge in [-0.1, -0.05) is 28.1 Å². The molecule has 1 N–H and O–H groups in total. The van der Waals surface area contributed by atoms with Crippen molar-refractivity contribution in [2.45, 2.75) is 6.61 Å². The van der Waals surface area contributed by atoms with Gasteiger partial charge in [0.15, 0.2) is 17.3 Å². The zero-order valence-corrected chi connectivity index (χ0v) is 21.3. The number of benzene rings is 3. The predicted octanol–water partition coefficient (Wildman–Crippen LogP) is 6.22. The van der Waals surface area contributed by atoms with Gasteiger partial charge in [0.1, 0.15) is 12.2 Å². The van der Waals surface area contributed by atoms with Crippen molar-refractivity contribution >= 4 is 60.6 Å². The summed E-state index contributed by atoms with van der Waals surface area (Å²) in [4.78, 5) is 22.9. The number of rotatable bonds is 8. The molecule has 0 atom stereocenters. The molecule has 1 amide bonds. The first-order valence-electron chi connectivity index (χ1n) is 10.1. The lowest BCUT2D eigenvalue weighted by molar-refractivity contribution is -0.384. The predicted molar refractivity (Wildman–Crippen MR) is 137 cm³/mol. The van der Waals surface area contributed by atoms with Crippen LogP contribution in [0.3, 0.4) is 0 Å². The number of nitro benzene ring substituents is 1. The second kappa shape index (κ2) is 10.7. The Hall–Kier alpha value is -3.70. The Morgan fingerprint density at radius 3 is 2.77 bits per heavy atom. The van der Waals surface area contributed by atoms with Crippen molar-refractivity contribution in [2.24, 2.45) is 5.10 Å². The second-order valence-electron chi connectivity index (χ2n) is 7.24. The summed E-state index contributed by atoms with van der Waals surface area (Å²) in [5.41, 5.74) is 4.29. The van der Waals surface area contributed by atoms with Gasteiger partial charge in [0.25, 0.3) is 5.69 Å². The van der Waals surface area contributed by atoms with Gasteiger partial charge in [-0.25, -0.2) is 5.43 Å². The maximum Gasteiger partial charge on any atom is 0.307 e. The summed E-state index contributed by atoms with van der Waals surface area (Å²) in [7, 11) is 1.49. The Labute approximate surface area is 216 Å². The summed E-state index contributed by atoms with van der Waals surface area (Å²) in [6, 6.07) is 16.7. The molecule has 0 fully saturated rings. The van der Waals surface area contributed by atoms with Gasteiger partial charge in [0, 0.05) is 22.0 Å². The zero-order valence-electron chi connectivity index (χ0n) is 18.2. The van der Waals surface area contributed by atoms with Crippen LogP contribution in [0.15, 0.2) is 79.1 Å². The largest absolute Gasteiger partial charge is 0.493 e. The smallest absolute Gasteiger partial charge is 0.307 e. The van der Waals surface area contributed by atoms with E-state index >= 15 is 0 Å². The minimum atomic E-state index is -0.489. The molecule has 11 heteroatoms. The number of nitrogens with one attached hydrogen (secondary N) is 1. The van der Waals surface area contributed by atoms with Crippen LogP contribution in [0.5, 0.6) is 11.5 Å². The van der Waals surface area contributed by atoms with Gasteiger partial charge < -0.3 is 13.9 Å². The lowest BCUT2D eigenvalue weighted by Gasteiger charge is -2.13. The molecule has 178 valence electrons. The third kappa shape index (κ3) is 5.87. The van der Waals surface area contributed by atoms with Crippen molar-refractivity contribution in [3.8, 4) is 11.5 Å². The van der Waals surface area contributed by atoms with Gasteiger partial charge in [0.2, 0.25) is 0 Å². The summed E-state index contributed by atoms with van der Waals surface area (Å²) in [6.07, 6.45) is 1.45.